The van der Waals surface area contributed by atoms with Crippen molar-refractivity contribution in [2.75, 3.05) is 20.8 Å². The number of aromatic nitrogens is 1. The predicted octanol–water partition coefficient (Wildman–Crippen LogP) is 1.99. The van der Waals surface area contributed by atoms with Crippen LogP contribution in [-0.2, 0) is 11.3 Å². The summed E-state index contributed by atoms with van der Waals surface area (Å²) in [6.45, 7) is 3.65. The van der Waals surface area contributed by atoms with Crippen molar-refractivity contribution in [2.24, 2.45) is 0 Å². The Kier molecular flexibility index (Phi) is 6.58. The highest BCUT2D eigenvalue weighted by molar-refractivity contribution is 5.15. The Bertz CT molecular complexity index is 312. The van der Waals surface area contributed by atoms with Crippen LogP contribution in [0.1, 0.15) is 25.5 Å². The molecule has 1 atom stereocenters. The normalized spacial score (nSPS) is 12.4. The molecule has 0 spiro atoms. The highest BCUT2D eigenvalue weighted by Crippen LogP contribution is 2.07. The molecule has 1 unspecified atom stereocenters. The molecule has 1 aromatic heterocycles. The summed E-state index contributed by atoms with van der Waals surface area (Å²) < 4.78 is 10.3. The van der Waals surface area contributed by atoms with Crippen molar-refractivity contribution in [3.05, 3.63) is 23.9 Å². The zero-order chi connectivity index (χ0) is 12.5. The van der Waals surface area contributed by atoms with Gasteiger partial charge in [-0.2, -0.15) is 0 Å². The fraction of sp³-hybridized carbons (Fsp3) is 0.615. The zero-order valence-corrected chi connectivity index (χ0v) is 10.9. The predicted molar refractivity (Wildman–Crippen MR) is 68.2 cm³/mol. The average molecular weight is 238 g/mol. The number of rotatable bonds is 8. The molecular weight excluding hydrogens is 216 g/mol. The zero-order valence-electron chi connectivity index (χ0n) is 10.9. The third kappa shape index (κ3) is 5.15. The quantitative estimate of drug-likeness (QED) is 0.752. The Morgan fingerprint density at radius 2 is 2.18 bits per heavy atom. The molecule has 1 N–H and O–H groups in total. The molecule has 0 aromatic carbocycles. The maximum Gasteiger partial charge on any atom is 0.213 e. The third-order valence-electron chi connectivity index (χ3n) is 2.57. The van der Waals surface area contributed by atoms with Crippen LogP contribution in [0.25, 0.3) is 0 Å². The van der Waals surface area contributed by atoms with Gasteiger partial charge in [0.1, 0.15) is 0 Å². The van der Waals surface area contributed by atoms with Crippen LogP contribution >= 0.6 is 0 Å². The molecule has 4 heteroatoms. The molecular formula is C13H22N2O2. The van der Waals surface area contributed by atoms with Crippen molar-refractivity contribution in [1.82, 2.24) is 10.3 Å². The van der Waals surface area contributed by atoms with Crippen LogP contribution in [0, 0.1) is 0 Å². The molecule has 0 fully saturated rings. The first-order chi connectivity index (χ1) is 8.30. The van der Waals surface area contributed by atoms with Gasteiger partial charge in [0.15, 0.2) is 0 Å². The van der Waals surface area contributed by atoms with E-state index in [1.807, 2.05) is 18.2 Å². The van der Waals surface area contributed by atoms with Gasteiger partial charge in [-0.25, -0.2) is 4.98 Å². The summed E-state index contributed by atoms with van der Waals surface area (Å²) in [5.74, 6) is 0.656. The number of methoxy groups -OCH3 is 2. The fourth-order valence-electron chi connectivity index (χ4n) is 1.71. The second-order valence-corrected chi connectivity index (χ2v) is 3.99. The number of ether oxygens (including phenoxy) is 2. The van der Waals surface area contributed by atoms with Crippen LogP contribution in [0.3, 0.4) is 0 Å². The summed E-state index contributed by atoms with van der Waals surface area (Å²) >= 11 is 0. The number of hydrogen-bond acceptors (Lipinski definition) is 4. The monoisotopic (exact) mass is 238 g/mol. The first-order valence-electron chi connectivity index (χ1n) is 6.02. The van der Waals surface area contributed by atoms with E-state index >= 15 is 0 Å². The summed E-state index contributed by atoms with van der Waals surface area (Å²) in [5.41, 5.74) is 0.988. The second-order valence-electron chi connectivity index (χ2n) is 3.99. The Hall–Kier alpha value is -1.13. The van der Waals surface area contributed by atoms with Crippen molar-refractivity contribution in [2.45, 2.75) is 32.4 Å². The molecule has 0 amide bonds. The SMILES string of the molecule is CCCC(COC)NCc1cccc(OC)n1. The minimum Gasteiger partial charge on any atom is -0.481 e. The van der Waals surface area contributed by atoms with E-state index < -0.39 is 0 Å². The van der Waals surface area contributed by atoms with Crippen LogP contribution in [-0.4, -0.2) is 31.9 Å². The van der Waals surface area contributed by atoms with Crippen molar-refractivity contribution < 1.29 is 9.47 Å². The van der Waals surface area contributed by atoms with Gasteiger partial charge in [-0.1, -0.05) is 19.4 Å². The van der Waals surface area contributed by atoms with Gasteiger partial charge in [-0.15, -0.1) is 0 Å². The van der Waals surface area contributed by atoms with Crippen molar-refractivity contribution in [3.8, 4) is 5.88 Å². The number of nitrogens with zero attached hydrogens (tertiary/aromatic N) is 1. The summed E-state index contributed by atoms with van der Waals surface area (Å²) in [4.78, 5) is 4.36. The third-order valence-corrected chi connectivity index (χ3v) is 2.57. The van der Waals surface area contributed by atoms with E-state index in [9.17, 15) is 0 Å². The molecule has 0 saturated carbocycles. The van der Waals surface area contributed by atoms with Gasteiger partial charge in [0.2, 0.25) is 5.88 Å². The first-order valence-corrected chi connectivity index (χ1v) is 6.02. The Balaban J connectivity index is 2.46. The lowest BCUT2D eigenvalue weighted by molar-refractivity contribution is 0.161. The maximum atomic E-state index is 5.18. The second kappa shape index (κ2) is 8.03. The maximum absolute atomic E-state index is 5.18. The summed E-state index contributed by atoms with van der Waals surface area (Å²) in [5, 5.41) is 3.45. The lowest BCUT2D eigenvalue weighted by Gasteiger charge is -2.16. The van der Waals surface area contributed by atoms with Gasteiger partial charge in [0.25, 0.3) is 0 Å². The number of hydrogen-bond donors (Lipinski definition) is 1. The molecule has 4 nitrogen and oxygen atoms in total. The molecule has 1 aromatic rings. The van der Waals surface area contributed by atoms with Crippen molar-refractivity contribution in [1.29, 1.82) is 0 Å². The van der Waals surface area contributed by atoms with Crippen molar-refractivity contribution in [3.63, 3.8) is 0 Å². The summed E-state index contributed by atoms with van der Waals surface area (Å²) in [6, 6.07) is 6.18. The molecule has 0 aliphatic heterocycles. The lowest BCUT2D eigenvalue weighted by atomic mass is 10.2. The molecule has 0 aliphatic rings. The molecule has 0 saturated heterocycles. The Labute approximate surface area is 103 Å². The van der Waals surface area contributed by atoms with Crippen LogP contribution in [0.2, 0.25) is 0 Å². The Morgan fingerprint density at radius 3 is 2.82 bits per heavy atom. The largest absolute Gasteiger partial charge is 0.481 e. The smallest absolute Gasteiger partial charge is 0.213 e. The van der Waals surface area contributed by atoms with Gasteiger partial charge in [0, 0.05) is 25.8 Å². The molecule has 0 bridgehead atoms. The number of pyridine rings is 1. The molecule has 17 heavy (non-hydrogen) atoms. The van der Waals surface area contributed by atoms with Crippen LogP contribution in [0.5, 0.6) is 5.88 Å². The van der Waals surface area contributed by atoms with Gasteiger partial charge >= 0.3 is 0 Å². The fourth-order valence-corrected chi connectivity index (χ4v) is 1.71. The van der Waals surface area contributed by atoms with E-state index in [4.69, 9.17) is 9.47 Å². The van der Waals surface area contributed by atoms with E-state index in [1.165, 1.54) is 0 Å². The van der Waals surface area contributed by atoms with E-state index in [0.29, 0.717) is 11.9 Å². The molecule has 1 heterocycles. The first kappa shape index (κ1) is 13.9. The molecule has 0 radical (unpaired) electrons. The topological polar surface area (TPSA) is 43.4 Å². The van der Waals surface area contributed by atoms with Crippen LogP contribution in [0.15, 0.2) is 18.2 Å². The standard InChI is InChI=1S/C13H22N2O2/c1-4-6-12(10-16-2)14-9-11-7-5-8-13(15-11)17-3/h5,7-8,12,14H,4,6,9-10H2,1-3H3. The molecule has 0 aliphatic carbocycles. The van der Waals surface area contributed by atoms with Crippen LogP contribution in [0.4, 0.5) is 0 Å². The average Bonchev–Trinajstić information content (AvgIpc) is 2.37. The molecule has 96 valence electrons. The van der Waals surface area contributed by atoms with Crippen LogP contribution < -0.4 is 10.1 Å². The van der Waals surface area contributed by atoms with E-state index in [-0.39, 0.29) is 0 Å². The van der Waals surface area contributed by atoms with Gasteiger partial charge in [-0.3, -0.25) is 0 Å². The van der Waals surface area contributed by atoms with E-state index in [1.54, 1.807) is 14.2 Å². The van der Waals surface area contributed by atoms with Gasteiger partial charge < -0.3 is 14.8 Å². The van der Waals surface area contributed by atoms with Crippen molar-refractivity contribution >= 4 is 0 Å². The lowest BCUT2D eigenvalue weighted by Crippen LogP contribution is -2.32. The molecule has 1 rings (SSSR count). The van der Waals surface area contributed by atoms with Gasteiger partial charge in [-0.05, 0) is 12.5 Å². The highest BCUT2D eigenvalue weighted by Gasteiger charge is 2.07. The number of nitrogens with one attached hydrogen (secondary N) is 1. The summed E-state index contributed by atoms with van der Waals surface area (Å²) in [7, 11) is 3.36. The Morgan fingerprint density at radius 1 is 1.35 bits per heavy atom. The summed E-state index contributed by atoms with van der Waals surface area (Å²) in [6.07, 6.45) is 2.25. The van der Waals surface area contributed by atoms with E-state index in [2.05, 4.69) is 17.2 Å². The minimum atomic E-state index is 0.387. The van der Waals surface area contributed by atoms with E-state index in [0.717, 1.165) is 31.7 Å². The minimum absolute atomic E-state index is 0.387. The van der Waals surface area contributed by atoms with Gasteiger partial charge in [0.05, 0.1) is 19.4 Å². The highest BCUT2D eigenvalue weighted by atomic mass is 16.5.